The van der Waals surface area contributed by atoms with Crippen molar-refractivity contribution in [1.82, 2.24) is 24.7 Å². The van der Waals surface area contributed by atoms with Crippen LogP contribution in [0.2, 0.25) is 5.02 Å². The van der Waals surface area contributed by atoms with Crippen molar-refractivity contribution in [2.24, 2.45) is 0 Å². The van der Waals surface area contributed by atoms with Crippen molar-refractivity contribution in [3.8, 4) is 11.4 Å². The number of thioether (sulfide) groups is 1. The number of carbonyl (C=O) groups excluding carboxylic acids is 1. The van der Waals surface area contributed by atoms with Crippen LogP contribution in [-0.2, 0) is 11.3 Å². The van der Waals surface area contributed by atoms with Gasteiger partial charge in [-0.3, -0.25) is 9.69 Å². The highest BCUT2D eigenvalue weighted by molar-refractivity contribution is 8.00. The fourth-order valence-electron chi connectivity index (χ4n) is 3.62. The molecule has 7 nitrogen and oxygen atoms in total. The Labute approximate surface area is 191 Å². The number of rotatable bonds is 6. The van der Waals surface area contributed by atoms with E-state index in [9.17, 15) is 4.79 Å². The van der Waals surface area contributed by atoms with Crippen LogP contribution < -0.4 is 5.84 Å². The van der Waals surface area contributed by atoms with Gasteiger partial charge in [0.1, 0.15) is 0 Å². The Morgan fingerprint density at radius 1 is 1.06 bits per heavy atom. The molecule has 3 aromatic rings. The third-order valence-corrected chi connectivity index (χ3v) is 6.72. The fourth-order valence-corrected chi connectivity index (χ4v) is 4.69. The van der Waals surface area contributed by atoms with Crippen molar-refractivity contribution >= 4 is 29.3 Å². The zero-order chi connectivity index (χ0) is 21.8. The Morgan fingerprint density at radius 2 is 1.74 bits per heavy atom. The minimum atomic E-state index is -0.314. The summed E-state index contributed by atoms with van der Waals surface area (Å²) in [7, 11) is 0. The van der Waals surface area contributed by atoms with Gasteiger partial charge in [-0.25, -0.2) is 4.68 Å². The fraction of sp³-hybridized carbons (Fsp3) is 0.318. The molecule has 9 heteroatoms. The number of amides is 1. The molecule has 1 unspecified atom stereocenters. The maximum Gasteiger partial charge on any atom is 0.235 e. The molecule has 162 valence electrons. The van der Waals surface area contributed by atoms with E-state index in [1.54, 1.807) is 6.07 Å². The summed E-state index contributed by atoms with van der Waals surface area (Å²) in [5.74, 6) is 6.77. The van der Waals surface area contributed by atoms with Gasteiger partial charge in [-0.2, -0.15) is 0 Å². The van der Waals surface area contributed by atoms with E-state index in [0.717, 1.165) is 32.7 Å². The molecular weight excluding hydrogens is 432 g/mol. The van der Waals surface area contributed by atoms with Gasteiger partial charge in [-0.1, -0.05) is 65.8 Å². The van der Waals surface area contributed by atoms with Crippen molar-refractivity contribution in [3.63, 3.8) is 0 Å². The molecule has 2 N–H and O–H groups in total. The number of nitrogen functional groups attached to an aromatic ring is 1. The van der Waals surface area contributed by atoms with Crippen molar-refractivity contribution in [2.75, 3.05) is 32.0 Å². The zero-order valence-corrected chi connectivity index (χ0v) is 18.9. The minimum Gasteiger partial charge on any atom is -0.339 e. The zero-order valence-electron chi connectivity index (χ0n) is 17.3. The van der Waals surface area contributed by atoms with E-state index in [4.69, 9.17) is 17.4 Å². The predicted molar refractivity (Wildman–Crippen MR) is 124 cm³/mol. The summed E-state index contributed by atoms with van der Waals surface area (Å²) in [6, 6.07) is 17.7. The van der Waals surface area contributed by atoms with Crippen LogP contribution in [0.4, 0.5) is 0 Å². The van der Waals surface area contributed by atoms with Crippen LogP contribution in [0.5, 0.6) is 0 Å². The third kappa shape index (κ3) is 5.03. The van der Waals surface area contributed by atoms with Crippen LogP contribution >= 0.6 is 23.4 Å². The van der Waals surface area contributed by atoms with Gasteiger partial charge in [0.15, 0.2) is 5.82 Å². The van der Waals surface area contributed by atoms with Gasteiger partial charge in [0, 0.05) is 38.3 Å². The normalized spacial score (nSPS) is 15.7. The lowest BCUT2D eigenvalue weighted by Gasteiger charge is -2.35. The minimum absolute atomic E-state index is 0.0895. The first-order valence-electron chi connectivity index (χ1n) is 10.2. The number of hydrogen-bond acceptors (Lipinski definition) is 6. The lowest BCUT2D eigenvalue weighted by atomic mass is 10.2. The van der Waals surface area contributed by atoms with Crippen LogP contribution in [0, 0.1) is 0 Å². The Morgan fingerprint density at radius 3 is 2.45 bits per heavy atom. The standard InChI is InChI=1S/C22H25ClN6OS/c1-16(31-22-26-25-20(29(22)24)18-9-5-6-10-19(18)23)21(30)28-13-11-27(12-14-28)15-17-7-3-2-4-8-17/h2-10,16H,11-15,24H2,1H3. The van der Waals surface area contributed by atoms with Crippen molar-refractivity contribution in [1.29, 1.82) is 0 Å². The molecule has 1 amide bonds. The van der Waals surface area contributed by atoms with Gasteiger partial charge in [0.2, 0.25) is 11.1 Å². The summed E-state index contributed by atoms with van der Waals surface area (Å²) in [4.78, 5) is 17.3. The Bertz CT molecular complexity index is 1040. The molecule has 0 saturated carbocycles. The van der Waals surface area contributed by atoms with Crippen molar-refractivity contribution < 1.29 is 4.79 Å². The van der Waals surface area contributed by atoms with Crippen LogP contribution in [0.3, 0.4) is 0 Å². The molecular formula is C22H25ClN6OS. The third-order valence-electron chi connectivity index (χ3n) is 5.34. The first-order valence-corrected chi connectivity index (χ1v) is 11.5. The Balaban J connectivity index is 1.34. The smallest absolute Gasteiger partial charge is 0.235 e. The molecule has 4 rings (SSSR count). The quantitative estimate of drug-likeness (QED) is 0.453. The molecule has 2 aromatic carbocycles. The largest absolute Gasteiger partial charge is 0.339 e. The molecule has 1 atom stereocenters. The number of piperazine rings is 1. The number of carbonyl (C=O) groups is 1. The van der Waals surface area contributed by atoms with Crippen molar-refractivity contribution in [2.45, 2.75) is 23.9 Å². The van der Waals surface area contributed by atoms with Gasteiger partial charge >= 0.3 is 0 Å². The monoisotopic (exact) mass is 456 g/mol. The average molecular weight is 457 g/mol. The van der Waals surface area contributed by atoms with E-state index in [1.165, 1.54) is 22.0 Å². The number of nitrogens with zero attached hydrogens (tertiary/aromatic N) is 5. The molecule has 0 spiro atoms. The van der Waals surface area contributed by atoms with E-state index in [0.29, 0.717) is 21.6 Å². The summed E-state index contributed by atoms with van der Waals surface area (Å²) in [5.41, 5.74) is 2.00. The average Bonchev–Trinajstić information content (AvgIpc) is 3.14. The molecule has 0 bridgehead atoms. The van der Waals surface area contributed by atoms with E-state index in [2.05, 4.69) is 39.4 Å². The second kappa shape index (κ2) is 9.72. The van der Waals surface area contributed by atoms with E-state index in [1.807, 2.05) is 36.1 Å². The molecule has 0 aliphatic carbocycles. The second-order valence-electron chi connectivity index (χ2n) is 7.50. The first kappa shape index (κ1) is 21.7. The van der Waals surface area contributed by atoms with Gasteiger partial charge in [0.25, 0.3) is 0 Å². The summed E-state index contributed by atoms with van der Waals surface area (Å²) >= 11 is 7.57. The van der Waals surface area contributed by atoms with Gasteiger partial charge in [0.05, 0.1) is 10.3 Å². The number of aromatic nitrogens is 3. The van der Waals surface area contributed by atoms with Gasteiger partial charge in [-0.05, 0) is 24.6 Å². The first-order chi connectivity index (χ1) is 15.0. The predicted octanol–water partition coefficient (Wildman–Crippen LogP) is 3.14. The maximum absolute atomic E-state index is 13.0. The Kier molecular flexibility index (Phi) is 6.80. The lowest BCUT2D eigenvalue weighted by Crippen LogP contribution is -2.50. The number of nitrogens with two attached hydrogens (primary N) is 1. The molecule has 31 heavy (non-hydrogen) atoms. The SMILES string of the molecule is CC(Sc1nnc(-c2ccccc2Cl)n1N)C(=O)N1CCN(Cc2ccccc2)CC1. The van der Waals surface area contributed by atoms with Crippen LogP contribution in [0.15, 0.2) is 59.8 Å². The number of benzene rings is 2. The van der Waals surface area contributed by atoms with E-state index in [-0.39, 0.29) is 11.2 Å². The molecule has 1 saturated heterocycles. The highest BCUT2D eigenvalue weighted by Gasteiger charge is 2.27. The van der Waals surface area contributed by atoms with Crippen LogP contribution in [-0.4, -0.2) is 62.0 Å². The molecule has 0 radical (unpaired) electrons. The van der Waals surface area contributed by atoms with E-state index < -0.39 is 0 Å². The second-order valence-corrected chi connectivity index (χ2v) is 9.22. The highest BCUT2D eigenvalue weighted by Crippen LogP contribution is 2.29. The number of halogens is 1. The molecule has 1 aliphatic rings. The molecule has 1 fully saturated rings. The van der Waals surface area contributed by atoms with Gasteiger partial charge in [-0.15, -0.1) is 10.2 Å². The summed E-state index contributed by atoms with van der Waals surface area (Å²) in [5, 5.41) is 9.07. The van der Waals surface area contributed by atoms with Crippen LogP contribution in [0.25, 0.3) is 11.4 Å². The summed E-state index contributed by atoms with van der Waals surface area (Å²) in [6.07, 6.45) is 0. The topological polar surface area (TPSA) is 80.3 Å². The molecule has 1 aromatic heterocycles. The van der Waals surface area contributed by atoms with E-state index >= 15 is 0 Å². The maximum atomic E-state index is 13.0. The highest BCUT2D eigenvalue weighted by atomic mass is 35.5. The molecule has 1 aliphatic heterocycles. The lowest BCUT2D eigenvalue weighted by molar-refractivity contribution is -0.132. The summed E-state index contributed by atoms with van der Waals surface area (Å²) in [6.45, 7) is 5.96. The van der Waals surface area contributed by atoms with Crippen molar-refractivity contribution in [3.05, 3.63) is 65.2 Å². The Hall–Kier alpha value is -2.55. The van der Waals surface area contributed by atoms with Crippen LogP contribution in [0.1, 0.15) is 12.5 Å². The molecule has 2 heterocycles. The number of hydrogen-bond donors (Lipinski definition) is 1. The van der Waals surface area contributed by atoms with Gasteiger partial charge < -0.3 is 10.7 Å². The summed E-state index contributed by atoms with van der Waals surface area (Å²) < 4.78 is 1.40.